The third kappa shape index (κ3) is 5.49. The molecule has 1 rings (SSSR count). The lowest BCUT2D eigenvalue weighted by molar-refractivity contribution is -0.140. The Labute approximate surface area is 121 Å². The van der Waals surface area contributed by atoms with Gasteiger partial charge in [-0.05, 0) is 39.5 Å². The number of nitrogens with zero attached hydrogens (tertiary/aromatic N) is 2. The van der Waals surface area contributed by atoms with Crippen molar-refractivity contribution in [3.05, 3.63) is 0 Å². The van der Waals surface area contributed by atoms with E-state index in [1.165, 1.54) is 6.42 Å². The van der Waals surface area contributed by atoms with Crippen molar-refractivity contribution in [2.75, 3.05) is 26.2 Å². The summed E-state index contributed by atoms with van der Waals surface area (Å²) in [4.78, 5) is 27.0. The number of carbonyl (C=O) groups is 2. The Bertz CT molecular complexity index is 350. The van der Waals surface area contributed by atoms with Gasteiger partial charge >= 0.3 is 5.97 Å². The van der Waals surface area contributed by atoms with Crippen molar-refractivity contribution in [1.82, 2.24) is 9.80 Å². The average Bonchev–Trinajstić information content (AvgIpc) is 2.32. The smallest absolute Gasteiger partial charge is 0.304 e. The van der Waals surface area contributed by atoms with Crippen LogP contribution >= 0.6 is 0 Å². The van der Waals surface area contributed by atoms with Crippen molar-refractivity contribution in [3.8, 4) is 0 Å². The van der Waals surface area contributed by atoms with Crippen LogP contribution in [-0.2, 0) is 9.59 Å². The van der Waals surface area contributed by atoms with Crippen molar-refractivity contribution >= 4 is 11.9 Å². The lowest BCUT2D eigenvalue weighted by Crippen LogP contribution is -2.50. The van der Waals surface area contributed by atoms with Gasteiger partial charge in [0, 0.05) is 25.2 Å². The molecule has 5 nitrogen and oxygen atoms in total. The van der Waals surface area contributed by atoms with Gasteiger partial charge in [0.05, 0.1) is 13.0 Å². The number of likely N-dealkylation sites (tertiary alicyclic amines) is 1. The number of aliphatic carboxylic acids is 1. The molecule has 0 aromatic heterocycles. The first kappa shape index (κ1) is 17.0. The van der Waals surface area contributed by atoms with E-state index >= 15 is 0 Å². The van der Waals surface area contributed by atoms with Gasteiger partial charge in [0.15, 0.2) is 0 Å². The lowest BCUT2D eigenvalue weighted by atomic mass is 10.00. The summed E-state index contributed by atoms with van der Waals surface area (Å²) in [6.45, 7) is 10.6. The second-order valence-electron chi connectivity index (χ2n) is 6.82. The summed E-state index contributed by atoms with van der Waals surface area (Å²) >= 11 is 0. The first-order valence-electron chi connectivity index (χ1n) is 7.44. The molecule has 20 heavy (non-hydrogen) atoms. The third-order valence-electron chi connectivity index (χ3n) is 3.88. The Morgan fingerprint density at radius 3 is 2.50 bits per heavy atom. The molecule has 116 valence electrons. The molecule has 1 saturated heterocycles. The van der Waals surface area contributed by atoms with Crippen molar-refractivity contribution in [1.29, 1.82) is 0 Å². The Morgan fingerprint density at radius 2 is 2.00 bits per heavy atom. The van der Waals surface area contributed by atoms with Gasteiger partial charge in [-0.1, -0.05) is 6.92 Å². The summed E-state index contributed by atoms with van der Waals surface area (Å²) in [5, 5.41) is 8.82. The monoisotopic (exact) mass is 284 g/mol. The van der Waals surface area contributed by atoms with Crippen molar-refractivity contribution < 1.29 is 14.7 Å². The molecule has 5 heteroatoms. The fourth-order valence-electron chi connectivity index (χ4n) is 2.56. The molecule has 0 radical (unpaired) electrons. The molecule has 0 spiro atoms. The summed E-state index contributed by atoms with van der Waals surface area (Å²) in [5.74, 6) is -0.134. The minimum absolute atomic E-state index is 0.0704. The Balaban J connectivity index is 2.59. The number of carboxylic acid groups (broad SMARTS) is 1. The topological polar surface area (TPSA) is 60.9 Å². The largest absolute Gasteiger partial charge is 0.481 e. The number of hydrogen-bond acceptors (Lipinski definition) is 3. The Kier molecular flexibility index (Phi) is 5.99. The highest BCUT2D eigenvalue weighted by molar-refractivity contribution is 5.78. The van der Waals surface area contributed by atoms with Crippen LogP contribution in [0.2, 0.25) is 0 Å². The molecule has 0 saturated carbocycles. The van der Waals surface area contributed by atoms with Crippen molar-refractivity contribution in [2.45, 2.75) is 52.5 Å². The number of carboxylic acids is 1. The summed E-state index contributed by atoms with van der Waals surface area (Å²) in [7, 11) is 0. The average molecular weight is 284 g/mol. The molecule has 1 heterocycles. The fourth-order valence-corrected chi connectivity index (χ4v) is 2.56. The summed E-state index contributed by atoms with van der Waals surface area (Å²) in [5.41, 5.74) is -0.202. The van der Waals surface area contributed by atoms with Crippen molar-refractivity contribution in [2.24, 2.45) is 5.92 Å². The maximum Gasteiger partial charge on any atom is 0.304 e. The summed E-state index contributed by atoms with van der Waals surface area (Å²) in [6, 6.07) is 0. The van der Waals surface area contributed by atoms with Crippen LogP contribution in [0.15, 0.2) is 0 Å². The number of carbonyl (C=O) groups excluding carboxylic acids is 1. The molecule has 0 aromatic rings. The van der Waals surface area contributed by atoms with E-state index in [9.17, 15) is 9.59 Å². The molecule has 1 amide bonds. The number of hydrogen-bond donors (Lipinski definition) is 1. The standard InChI is InChI=1S/C15H28N2O3/c1-12-6-5-8-16(10-12)13(18)11-17(15(2,3)4)9-7-14(19)20/h12H,5-11H2,1-4H3,(H,19,20). The van der Waals surface area contributed by atoms with E-state index in [1.54, 1.807) is 0 Å². The van der Waals surface area contributed by atoms with E-state index < -0.39 is 5.97 Å². The maximum atomic E-state index is 12.4. The minimum atomic E-state index is -0.821. The molecule has 0 aromatic carbocycles. The van der Waals surface area contributed by atoms with Crippen LogP contribution in [0.25, 0.3) is 0 Å². The van der Waals surface area contributed by atoms with Gasteiger partial charge in [0.25, 0.3) is 0 Å². The Hall–Kier alpha value is -1.10. The van der Waals surface area contributed by atoms with Gasteiger partial charge in [0.2, 0.25) is 5.91 Å². The van der Waals surface area contributed by atoms with E-state index in [-0.39, 0.29) is 17.9 Å². The highest BCUT2D eigenvalue weighted by atomic mass is 16.4. The summed E-state index contributed by atoms with van der Waals surface area (Å²) < 4.78 is 0. The number of piperidine rings is 1. The van der Waals surface area contributed by atoms with E-state index in [2.05, 4.69) is 6.92 Å². The van der Waals surface area contributed by atoms with E-state index in [4.69, 9.17) is 5.11 Å². The Morgan fingerprint density at radius 1 is 1.35 bits per heavy atom. The molecule has 1 unspecified atom stereocenters. The quantitative estimate of drug-likeness (QED) is 0.836. The molecule has 0 bridgehead atoms. The molecule has 1 aliphatic heterocycles. The van der Waals surface area contributed by atoms with Gasteiger partial charge in [-0.3, -0.25) is 14.5 Å². The maximum absolute atomic E-state index is 12.4. The highest BCUT2D eigenvalue weighted by Gasteiger charge is 2.27. The SMILES string of the molecule is CC1CCCN(C(=O)CN(CCC(=O)O)C(C)(C)C)C1. The molecule has 1 aliphatic rings. The second kappa shape index (κ2) is 7.07. The van der Waals surface area contributed by atoms with Crippen LogP contribution in [-0.4, -0.2) is 58.5 Å². The predicted molar refractivity (Wildman–Crippen MR) is 78.6 cm³/mol. The summed E-state index contributed by atoms with van der Waals surface area (Å²) in [6.07, 6.45) is 2.32. The van der Waals surface area contributed by atoms with E-state index in [0.717, 1.165) is 19.5 Å². The van der Waals surface area contributed by atoms with Crippen LogP contribution in [0.5, 0.6) is 0 Å². The van der Waals surface area contributed by atoms with Gasteiger partial charge in [-0.2, -0.15) is 0 Å². The molecule has 1 atom stereocenters. The highest BCUT2D eigenvalue weighted by Crippen LogP contribution is 2.18. The first-order chi connectivity index (χ1) is 9.20. The molecule has 0 aliphatic carbocycles. The zero-order valence-corrected chi connectivity index (χ0v) is 13.2. The van der Waals surface area contributed by atoms with Crippen LogP contribution in [0.3, 0.4) is 0 Å². The normalized spacial score (nSPS) is 20.2. The first-order valence-corrected chi connectivity index (χ1v) is 7.44. The van der Waals surface area contributed by atoms with E-state index in [0.29, 0.717) is 19.0 Å². The van der Waals surface area contributed by atoms with E-state index in [1.807, 2.05) is 30.6 Å². The van der Waals surface area contributed by atoms with Gasteiger partial charge in [-0.25, -0.2) is 0 Å². The molecular weight excluding hydrogens is 256 g/mol. The van der Waals surface area contributed by atoms with Gasteiger partial charge in [0.1, 0.15) is 0 Å². The zero-order valence-electron chi connectivity index (χ0n) is 13.2. The van der Waals surface area contributed by atoms with Crippen LogP contribution in [0.1, 0.15) is 47.0 Å². The number of rotatable bonds is 5. The lowest BCUT2D eigenvalue weighted by Gasteiger charge is -2.38. The molecule has 1 fully saturated rings. The van der Waals surface area contributed by atoms with Crippen LogP contribution in [0.4, 0.5) is 0 Å². The molecule has 1 N–H and O–H groups in total. The second-order valence-corrected chi connectivity index (χ2v) is 6.82. The third-order valence-corrected chi connectivity index (χ3v) is 3.88. The zero-order chi connectivity index (χ0) is 15.3. The van der Waals surface area contributed by atoms with Crippen LogP contribution < -0.4 is 0 Å². The van der Waals surface area contributed by atoms with Crippen LogP contribution in [0, 0.1) is 5.92 Å². The minimum Gasteiger partial charge on any atom is -0.481 e. The van der Waals surface area contributed by atoms with Crippen molar-refractivity contribution in [3.63, 3.8) is 0 Å². The fraction of sp³-hybridized carbons (Fsp3) is 0.867. The molecular formula is C15H28N2O3. The van der Waals surface area contributed by atoms with Gasteiger partial charge in [-0.15, -0.1) is 0 Å². The predicted octanol–water partition coefficient (Wildman–Crippen LogP) is 1.82. The van der Waals surface area contributed by atoms with Gasteiger partial charge < -0.3 is 10.0 Å². The number of amides is 1.